The molecule has 1 rings (SSSR count). The first kappa shape index (κ1) is 13.3. The topological polar surface area (TPSA) is 63.8 Å². The maximum absolute atomic E-state index is 5.47. The van der Waals surface area contributed by atoms with Crippen molar-refractivity contribution < 1.29 is 0 Å². The van der Waals surface area contributed by atoms with E-state index in [1.54, 1.807) is 18.1 Å². The van der Waals surface area contributed by atoms with Gasteiger partial charge < -0.3 is 5.43 Å². The maximum atomic E-state index is 5.47. The highest BCUT2D eigenvalue weighted by Crippen LogP contribution is 2.37. The minimum Gasteiger partial charge on any atom is -0.308 e. The van der Waals surface area contributed by atoms with Gasteiger partial charge in [-0.15, -0.1) is 11.8 Å². The highest BCUT2D eigenvalue weighted by Gasteiger charge is 2.20. The molecule has 3 N–H and O–H groups in total. The zero-order valence-electron chi connectivity index (χ0n) is 10.5. The normalized spacial score (nSPS) is 11.9. The van der Waals surface area contributed by atoms with Crippen LogP contribution in [0.4, 0.5) is 5.82 Å². The molecular formula is C11H20N4S. The second-order valence-corrected chi connectivity index (χ2v) is 6.77. The zero-order chi connectivity index (χ0) is 12.3. The lowest BCUT2D eigenvalue weighted by atomic mass is 10.1. The first-order valence-electron chi connectivity index (χ1n) is 5.35. The van der Waals surface area contributed by atoms with Gasteiger partial charge in [0.25, 0.3) is 0 Å². The Morgan fingerprint density at radius 3 is 2.38 bits per heavy atom. The number of aromatic nitrogens is 2. The van der Waals surface area contributed by atoms with Crippen molar-refractivity contribution in [3.8, 4) is 0 Å². The molecule has 0 amide bonds. The summed E-state index contributed by atoms with van der Waals surface area (Å²) in [5.41, 5.74) is 3.73. The zero-order valence-corrected chi connectivity index (χ0v) is 11.4. The highest BCUT2D eigenvalue weighted by molar-refractivity contribution is 8.00. The number of hydrogen-bond acceptors (Lipinski definition) is 5. The average Bonchev–Trinajstić information content (AvgIpc) is 2.14. The maximum Gasteiger partial charge on any atom is 0.147 e. The van der Waals surface area contributed by atoms with E-state index >= 15 is 0 Å². The van der Waals surface area contributed by atoms with E-state index in [-0.39, 0.29) is 4.75 Å². The molecule has 0 unspecified atom stereocenters. The van der Waals surface area contributed by atoms with E-state index in [9.17, 15) is 0 Å². The van der Waals surface area contributed by atoms with Gasteiger partial charge in [0.1, 0.15) is 17.2 Å². The smallest absolute Gasteiger partial charge is 0.147 e. The Balaban J connectivity index is 3.17. The van der Waals surface area contributed by atoms with Crippen LogP contribution in [0.1, 0.15) is 46.1 Å². The Morgan fingerprint density at radius 1 is 1.31 bits per heavy atom. The Bertz CT molecular complexity index is 357. The SMILES string of the molecule is CC(C)c1c(NN)ncnc1SC(C)(C)C. The van der Waals surface area contributed by atoms with Gasteiger partial charge in [-0.3, -0.25) is 0 Å². The van der Waals surface area contributed by atoms with E-state index in [4.69, 9.17) is 5.84 Å². The Labute approximate surface area is 101 Å². The summed E-state index contributed by atoms with van der Waals surface area (Å²) in [6.07, 6.45) is 1.55. The monoisotopic (exact) mass is 240 g/mol. The van der Waals surface area contributed by atoms with Crippen molar-refractivity contribution in [3.05, 3.63) is 11.9 Å². The van der Waals surface area contributed by atoms with Gasteiger partial charge >= 0.3 is 0 Å². The molecule has 0 saturated heterocycles. The molecule has 0 aliphatic rings. The largest absolute Gasteiger partial charge is 0.308 e. The highest BCUT2D eigenvalue weighted by atomic mass is 32.2. The molecule has 0 spiro atoms. The lowest BCUT2D eigenvalue weighted by molar-refractivity contribution is 0.775. The van der Waals surface area contributed by atoms with Crippen LogP contribution < -0.4 is 11.3 Å². The number of hydrogen-bond donors (Lipinski definition) is 2. The van der Waals surface area contributed by atoms with Crippen molar-refractivity contribution in [2.24, 2.45) is 5.84 Å². The third kappa shape index (κ3) is 3.35. The van der Waals surface area contributed by atoms with Crippen molar-refractivity contribution in [3.63, 3.8) is 0 Å². The lowest BCUT2D eigenvalue weighted by Crippen LogP contribution is -2.15. The molecule has 0 aromatic carbocycles. The molecule has 1 aromatic heterocycles. The van der Waals surface area contributed by atoms with E-state index in [0.717, 1.165) is 16.4 Å². The molecular weight excluding hydrogens is 220 g/mol. The van der Waals surface area contributed by atoms with Crippen molar-refractivity contribution >= 4 is 17.6 Å². The minimum atomic E-state index is 0.129. The van der Waals surface area contributed by atoms with Gasteiger partial charge in [-0.05, 0) is 5.92 Å². The van der Waals surface area contributed by atoms with E-state index < -0.39 is 0 Å². The van der Waals surface area contributed by atoms with E-state index in [2.05, 4.69) is 50.0 Å². The van der Waals surface area contributed by atoms with E-state index in [1.165, 1.54) is 0 Å². The van der Waals surface area contributed by atoms with Crippen LogP contribution in [0.15, 0.2) is 11.4 Å². The first-order chi connectivity index (χ1) is 7.35. The summed E-state index contributed by atoms with van der Waals surface area (Å²) < 4.78 is 0.129. The second-order valence-electron chi connectivity index (χ2n) is 4.95. The molecule has 0 saturated carbocycles. The Morgan fingerprint density at radius 2 is 1.94 bits per heavy atom. The van der Waals surface area contributed by atoms with E-state index in [1.807, 2.05) is 0 Å². The van der Waals surface area contributed by atoms with Crippen LogP contribution in [0.25, 0.3) is 0 Å². The van der Waals surface area contributed by atoms with Crippen molar-refractivity contribution in [2.75, 3.05) is 5.43 Å². The second kappa shape index (κ2) is 5.01. The van der Waals surface area contributed by atoms with Gasteiger partial charge in [0, 0.05) is 10.3 Å². The molecule has 90 valence electrons. The predicted octanol–water partition coefficient (Wildman–Crippen LogP) is 2.78. The lowest BCUT2D eigenvalue weighted by Gasteiger charge is -2.21. The average molecular weight is 240 g/mol. The number of nitrogens with one attached hydrogen (secondary N) is 1. The molecule has 0 bridgehead atoms. The third-order valence-electron chi connectivity index (χ3n) is 1.96. The molecule has 1 heterocycles. The van der Waals surface area contributed by atoms with Crippen LogP contribution in [-0.2, 0) is 0 Å². The van der Waals surface area contributed by atoms with E-state index in [0.29, 0.717) is 5.92 Å². The van der Waals surface area contributed by atoms with Gasteiger partial charge in [-0.25, -0.2) is 15.8 Å². The number of hydrazine groups is 1. The van der Waals surface area contributed by atoms with Gasteiger partial charge in [-0.1, -0.05) is 34.6 Å². The van der Waals surface area contributed by atoms with Crippen LogP contribution in [-0.4, -0.2) is 14.7 Å². The van der Waals surface area contributed by atoms with Gasteiger partial charge in [0.05, 0.1) is 0 Å². The first-order valence-corrected chi connectivity index (χ1v) is 6.17. The fourth-order valence-electron chi connectivity index (χ4n) is 1.39. The number of rotatable bonds is 3. The summed E-state index contributed by atoms with van der Waals surface area (Å²) in [7, 11) is 0. The van der Waals surface area contributed by atoms with Crippen LogP contribution in [0.3, 0.4) is 0 Å². The molecule has 0 atom stereocenters. The Kier molecular flexibility index (Phi) is 4.15. The summed E-state index contributed by atoms with van der Waals surface area (Å²) in [4.78, 5) is 8.50. The quantitative estimate of drug-likeness (QED) is 0.368. The van der Waals surface area contributed by atoms with Crippen molar-refractivity contribution in [1.82, 2.24) is 9.97 Å². The standard InChI is InChI=1S/C11H20N4S/c1-7(2)8-9(15-12)13-6-14-10(8)16-11(3,4)5/h6-7H,12H2,1-5H3,(H,13,14,15). The molecule has 0 radical (unpaired) electrons. The van der Waals surface area contributed by atoms with Gasteiger partial charge in [0.2, 0.25) is 0 Å². The van der Waals surface area contributed by atoms with Gasteiger partial charge in [0.15, 0.2) is 0 Å². The predicted molar refractivity (Wildman–Crippen MR) is 69.5 cm³/mol. The number of nitrogens with two attached hydrogens (primary N) is 1. The number of thioether (sulfide) groups is 1. The minimum absolute atomic E-state index is 0.129. The molecule has 1 aromatic rings. The van der Waals surface area contributed by atoms with Crippen molar-refractivity contribution in [2.45, 2.75) is 50.3 Å². The Hall–Kier alpha value is -0.810. The van der Waals surface area contributed by atoms with Crippen molar-refractivity contribution in [1.29, 1.82) is 0 Å². The summed E-state index contributed by atoms with van der Waals surface area (Å²) in [6.45, 7) is 10.7. The fraction of sp³-hybridized carbons (Fsp3) is 0.636. The van der Waals surface area contributed by atoms with Crippen LogP contribution in [0.5, 0.6) is 0 Å². The summed E-state index contributed by atoms with van der Waals surface area (Å²) in [6, 6.07) is 0. The van der Waals surface area contributed by atoms with Crippen LogP contribution in [0, 0.1) is 0 Å². The third-order valence-corrected chi connectivity index (χ3v) is 3.10. The van der Waals surface area contributed by atoms with Gasteiger partial charge in [-0.2, -0.15) is 0 Å². The summed E-state index contributed by atoms with van der Waals surface area (Å²) in [5.74, 6) is 6.54. The molecule has 0 fully saturated rings. The molecule has 16 heavy (non-hydrogen) atoms. The van der Waals surface area contributed by atoms with Crippen LogP contribution in [0.2, 0.25) is 0 Å². The number of nitrogens with zero attached hydrogens (tertiary/aromatic N) is 2. The van der Waals surface area contributed by atoms with Crippen LogP contribution >= 0.6 is 11.8 Å². The summed E-state index contributed by atoms with van der Waals surface area (Å²) >= 11 is 1.74. The number of nitrogen functional groups attached to an aromatic ring is 1. The summed E-state index contributed by atoms with van der Waals surface area (Å²) in [5, 5.41) is 1.01. The number of anilines is 1. The molecule has 0 aliphatic heterocycles. The molecule has 0 aliphatic carbocycles. The fourth-order valence-corrected chi connectivity index (χ4v) is 2.51. The molecule has 4 nitrogen and oxygen atoms in total. The molecule has 5 heteroatoms.